The van der Waals surface area contributed by atoms with Crippen LogP contribution in [0, 0.1) is 0 Å². The molecule has 0 saturated carbocycles. The van der Waals surface area contributed by atoms with Crippen molar-refractivity contribution >= 4 is 43.5 Å². The summed E-state index contributed by atoms with van der Waals surface area (Å²) in [5.74, 6) is 0.614. The van der Waals surface area contributed by atoms with Crippen molar-refractivity contribution in [1.29, 1.82) is 0 Å². The maximum atomic E-state index is 6.16. The Hall–Kier alpha value is -6.06. The van der Waals surface area contributed by atoms with E-state index in [0.29, 0.717) is 5.89 Å². The van der Waals surface area contributed by atoms with Crippen molar-refractivity contribution in [2.24, 2.45) is 0 Å². The third kappa shape index (κ3) is 4.54. The lowest BCUT2D eigenvalue weighted by molar-refractivity contribution is 0.620. The largest absolute Gasteiger partial charge is 0.436 e. The smallest absolute Gasteiger partial charge is 0.227 e. The minimum Gasteiger partial charge on any atom is -0.436 e. The van der Waals surface area contributed by atoms with Gasteiger partial charge in [0.05, 0.1) is 11.2 Å². The van der Waals surface area contributed by atoms with Gasteiger partial charge in [0.25, 0.3) is 0 Å². The van der Waals surface area contributed by atoms with Crippen LogP contribution in [-0.2, 0) is 0 Å². The van der Waals surface area contributed by atoms with Crippen LogP contribution in [0.25, 0.3) is 88.5 Å². The van der Waals surface area contributed by atoms with Crippen LogP contribution in [0.2, 0.25) is 0 Å². The minimum absolute atomic E-state index is 0.614. The Morgan fingerprint density at radius 1 is 0.378 bits per heavy atom. The summed E-state index contributed by atoms with van der Waals surface area (Å²) in [5.41, 5.74) is 10.1. The van der Waals surface area contributed by atoms with Crippen LogP contribution < -0.4 is 0 Å². The standard InChI is InChI=1S/C42H26N2O/c1-3-10-29-22-31(18-16-27(29)8-1)32-20-21-38-37(25-32)36(26-40(43-38)34-19-17-28-9-2-4-11-30(28)23-34)33-12-7-13-35(24-33)42-44-39-14-5-6-15-41(39)45-42/h1-26H. The third-order valence-electron chi connectivity index (χ3n) is 8.65. The zero-order chi connectivity index (χ0) is 29.7. The predicted octanol–water partition coefficient (Wildman–Crippen LogP) is 11.4. The summed E-state index contributed by atoms with van der Waals surface area (Å²) in [6, 6.07) is 55.4. The summed E-state index contributed by atoms with van der Waals surface area (Å²) in [6.45, 7) is 0. The molecule has 0 aliphatic rings. The Labute approximate surface area is 260 Å². The molecule has 3 heteroatoms. The molecule has 0 amide bonds. The Morgan fingerprint density at radius 2 is 1.02 bits per heavy atom. The first-order chi connectivity index (χ1) is 22.2. The molecule has 0 bridgehead atoms. The van der Waals surface area contributed by atoms with Crippen LogP contribution >= 0.6 is 0 Å². The molecule has 0 spiro atoms. The predicted molar refractivity (Wildman–Crippen MR) is 186 cm³/mol. The number of rotatable bonds is 4. The molecule has 9 aromatic rings. The first-order valence-electron chi connectivity index (χ1n) is 15.1. The summed E-state index contributed by atoms with van der Waals surface area (Å²) >= 11 is 0. The van der Waals surface area contributed by atoms with E-state index in [-0.39, 0.29) is 0 Å². The summed E-state index contributed by atoms with van der Waals surface area (Å²) in [5, 5.41) is 5.97. The van der Waals surface area contributed by atoms with Gasteiger partial charge in [0, 0.05) is 16.5 Å². The lowest BCUT2D eigenvalue weighted by Gasteiger charge is -2.13. The lowest BCUT2D eigenvalue weighted by Crippen LogP contribution is -1.92. The van der Waals surface area contributed by atoms with Crippen molar-refractivity contribution < 1.29 is 4.42 Å². The van der Waals surface area contributed by atoms with E-state index < -0.39 is 0 Å². The quantitative estimate of drug-likeness (QED) is 0.210. The molecule has 9 rings (SSSR count). The fraction of sp³-hybridized carbons (Fsp3) is 0. The average Bonchev–Trinajstić information content (AvgIpc) is 3.55. The summed E-state index contributed by atoms with van der Waals surface area (Å²) in [7, 11) is 0. The fourth-order valence-corrected chi connectivity index (χ4v) is 6.33. The van der Waals surface area contributed by atoms with Crippen LogP contribution in [0.15, 0.2) is 162 Å². The van der Waals surface area contributed by atoms with Gasteiger partial charge in [-0.05, 0) is 98.4 Å². The van der Waals surface area contributed by atoms with Gasteiger partial charge in [-0.3, -0.25) is 0 Å². The van der Waals surface area contributed by atoms with Gasteiger partial charge in [0.15, 0.2) is 5.58 Å². The zero-order valence-electron chi connectivity index (χ0n) is 24.3. The zero-order valence-corrected chi connectivity index (χ0v) is 24.3. The van der Waals surface area contributed by atoms with E-state index in [1.165, 1.54) is 27.1 Å². The van der Waals surface area contributed by atoms with Crippen LogP contribution in [0.5, 0.6) is 0 Å². The second-order valence-electron chi connectivity index (χ2n) is 11.5. The van der Waals surface area contributed by atoms with Gasteiger partial charge in [0.1, 0.15) is 5.52 Å². The van der Waals surface area contributed by atoms with Gasteiger partial charge in [-0.25, -0.2) is 9.97 Å². The van der Waals surface area contributed by atoms with Crippen molar-refractivity contribution in [3.05, 3.63) is 158 Å². The highest BCUT2D eigenvalue weighted by Crippen LogP contribution is 2.37. The van der Waals surface area contributed by atoms with E-state index in [4.69, 9.17) is 14.4 Å². The van der Waals surface area contributed by atoms with E-state index in [2.05, 4.69) is 133 Å². The second-order valence-corrected chi connectivity index (χ2v) is 11.5. The van der Waals surface area contributed by atoms with E-state index in [0.717, 1.165) is 55.5 Å². The SMILES string of the molecule is c1cc(-c2nc3ccccc3o2)cc(-c2cc(-c3ccc4ccccc4c3)nc3ccc(-c4ccc5ccccc5c4)cc23)c1. The van der Waals surface area contributed by atoms with Crippen molar-refractivity contribution in [2.45, 2.75) is 0 Å². The number of aromatic nitrogens is 2. The minimum atomic E-state index is 0.614. The summed E-state index contributed by atoms with van der Waals surface area (Å²) < 4.78 is 6.16. The Kier molecular flexibility index (Phi) is 5.82. The number of hydrogen-bond donors (Lipinski definition) is 0. The number of pyridine rings is 1. The lowest BCUT2D eigenvalue weighted by atomic mass is 9.93. The third-order valence-corrected chi connectivity index (χ3v) is 8.65. The molecule has 0 fully saturated rings. The monoisotopic (exact) mass is 574 g/mol. The summed E-state index contributed by atoms with van der Waals surface area (Å²) in [4.78, 5) is 9.98. The normalized spacial score (nSPS) is 11.6. The molecular formula is C42H26N2O. The highest BCUT2D eigenvalue weighted by Gasteiger charge is 2.15. The molecule has 0 aliphatic heterocycles. The maximum absolute atomic E-state index is 6.16. The first-order valence-corrected chi connectivity index (χ1v) is 15.1. The van der Waals surface area contributed by atoms with Crippen molar-refractivity contribution in [1.82, 2.24) is 9.97 Å². The highest BCUT2D eigenvalue weighted by molar-refractivity contribution is 6.00. The van der Waals surface area contributed by atoms with Gasteiger partial charge < -0.3 is 4.42 Å². The molecule has 0 saturated heterocycles. The molecule has 0 N–H and O–H groups in total. The van der Waals surface area contributed by atoms with Gasteiger partial charge in [-0.2, -0.15) is 0 Å². The van der Waals surface area contributed by atoms with Crippen LogP contribution in [0.4, 0.5) is 0 Å². The van der Waals surface area contributed by atoms with E-state index in [1.807, 2.05) is 24.3 Å². The number of para-hydroxylation sites is 2. The van der Waals surface area contributed by atoms with Crippen LogP contribution in [0.1, 0.15) is 0 Å². The highest BCUT2D eigenvalue weighted by atomic mass is 16.3. The molecule has 210 valence electrons. The molecule has 7 aromatic carbocycles. The number of nitrogens with zero attached hydrogens (tertiary/aromatic N) is 2. The molecule has 3 nitrogen and oxygen atoms in total. The Morgan fingerprint density at radius 3 is 1.82 bits per heavy atom. The van der Waals surface area contributed by atoms with Crippen LogP contribution in [0.3, 0.4) is 0 Å². The molecular weight excluding hydrogens is 548 g/mol. The second kappa shape index (κ2) is 10.3. The molecule has 45 heavy (non-hydrogen) atoms. The van der Waals surface area contributed by atoms with Gasteiger partial charge in [-0.15, -0.1) is 0 Å². The van der Waals surface area contributed by atoms with Gasteiger partial charge in [-0.1, -0.05) is 103 Å². The fourth-order valence-electron chi connectivity index (χ4n) is 6.33. The number of fused-ring (bicyclic) bond motifs is 4. The topological polar surface area (TPSA) is 38.9 Å². The van der Waals surface area contributed by atoms with Crippen molar-refractivity contribution in [3.63, 3.8) is 0 Å². The molecule has 0 aliphatic carbocycles. The van der Waals surface area contributed by atoms with E-state index in [1.54, 1.807) is 0 Å². The Balaban J connectivity index is 1.25. The molecule has 2 aromatic heterocycles. The first kappa shape index (κ1) is 25.4. The molecule has 0 atom stereocenters. The average molecular weight is 575 g/mol. The van der Waals surface area contributed by atoms with E-state index in [9.17, 15) is 0 Å². The van der Waals surface area contributed by atoms with Crippen molar-refractivity contribution in [3.8, 4) is 45.0 Å². The van der Waals surface area contributed by atoms with Crippen LogP contribution in [-0.4, -0.2) is 9.97 Å². The van der Waals surface area contributed by atoms with E-state index >= 15 is 0 Å². The van der Waals surface area contributed by atoms with Gasteiger partial charge in [0.2, 0.25) is 5.89 Å². The number of oxazole rings is 1. The maximum Gasteiger partial charge on any atom is 0.227 e. The molecule has 2 heterocycles. The number of hydrogen-bond acceptors (Lipinski definition) is 3. The molecule has 0 unspecified atom stereocenters. The Bertz CT molecular complexity index is 2530. The van der Waals surface area contributed by atoms with Gasteiger partial charge >= 0.3 is 0 Å². The van der Waals surface area contributed by atoms with Crippen molar-refractivity contribution in [2.75, 3.05) is 0 Å². The number of benzene rings is 7. The molecule has 0 radical (unpaired) electrons. The summed E-state index contributed by atoms with van der Waals surface area (Å²) in [6.07, 6.45) is 0.